The van der Waals surface area contributed by atoms with Crippen molar-refractivity contribution in [2.75, 3.05) is 0 Å². The molecule has 0 aliphatic rings. The lowest BCUT2D eigenvalue weighted by Gasteiger charge is -2.21. The number of rotatable bonds is 3. The summed E-state index contributed by atoms with van der Waals surface area (Å²) in [6.07, 6.45) is -1.90. The summed E-state index contributed by atoms with van der Waals surface area (Å²) in [7, 11) is 1.59. The standard InChI is InChI=1S/C14H13F3N2O2/c1-19-7-6-9(8-19)12(14(15,16)17)18-13(21)10-4-2-3-5-11(10)20/h2-8,12,20H,1H3,(H,18,21)/t12-/m0/s1. The second-order valence-corrected chi connectivity index (χ2v) is 4.58. The number of aromatic hydroxyl groups is 1. The average Bonchev–Trinajstić information content (AvgIpc) is 2.81. The summed E-state index contributed by atoms with van der Waals surface area (Å²) < 4.78 is 40.8. The van der Waals surface area contributed by atoms with Crippen LogP contribution in [-0.2, 0) is 7.05 Å². The monoisotopic (exact) mass is 298 g/mol. The number of aromatic nitrogens is 1. The molecule has 4 nitrogen and oxygen atoms in total. The van der Waals surface area contributed by atoms with E-state index in [4.69, 9.17) is 0 Å². The van der Waals surface area contributed by atoms with Crippen molar-refractivity contribution in [2.45, 2.75) is 12.2 Å². The van der Waals surface area contributed by atoms with Crippen LogP contribution in [0, 0.1) is 0 Å². The maximum absolute atomic E-state index is 13.1. The molecule has 0 unspecified atom stereocenters. The van der Waals surface area contributed by atoms with Gasteiger partial charge in [-0.25, -0.2) is 0 Å². The molecule has 0 saturated carbocycles. The van der Waals surface area contributed by atoms with E-state index in [1.807, 2.05) is 5.32 Å². The number of phenols is 1. The molecule has 112 valence electrons. The highest BCUT2D eigenvalue weighted by atomic mass is 19.4. The summed E-state index contributed by atoms with van der Waals surface area (Å²) in [5.41, 5.74) is -0.281. The number of hydrogen-bond acceptors (Lipinski definition) is 2. The average molecular weight is 298 g/mol. The second kappa shape index (κ2) is 5.51. The van der Waals surface area contributed by atoms with E-state index in [0.29, 0.717) is 0 Å². The lowest BCUT2D eigenvalue weighted by Crippen LogP contribution is -2.38. The number of alkyl halides is 3. The van der Waals surface area contributed by atoms with Gasteiger partial charge in [0, 0.05) is 25.0 Å². The molecule has 1 heterocycles. The Morgan fingerprint density at radius 3 is 2.48 bits per heavy atom. The van der Waals surface area contributed by atoms with Gasteiger partial charge in [-0.1, -0.05) is 12.1 Å². The molecule has 1 amide bonds. The van der Waals surface area contributed by atoms with Crippen molar-refractivity contribution in [1.82, 2.24) is 9.88 Å². The normalized spacial score (nSPS) is 13.0. The van der Waals surface area contributed by atoms with Crippen molar-refractivity contribution in [3.8, 4) is 5.75 Å². The van der Waals surface area contributed by atoms with Crippen LogP contribution < -0.4 is 5.32 Å². The number of para-hydroxylation sites is 1. The molecule has 1 atom stereocenters. The fraction of sp³-hybridized carbons (Fsp3) is 0.214. The first-order chi connectivity index (χ1) is 9.79. The quantitative estimate of drug-likeness (QED) is 0.915. The van der Waals surface area contributed by atoms with Gasteiger partial charge in [-0.3, -0.25) is 4.79 Å². The zero-order chi connectivity index (χ0) is 15.6. The molecule has 0 aliphatic heterocycles. The number of carbonyl (C=O) groups is 1. The van der Waals surface area contributed by atoms with Crippen molar-refractivity contribution in [2.24, 2.45) is 7.05 Å². The minimum Gasteiger partial charge on any atom is -0.507 e. The van der Waals surface area contributed by atoms with Gasteiger partial charge in [-0.2, -0.15) is 13.2 Å². The molecule has 0 saturated heterocycles. The zero-order valence-corrected chi connectivity index (χ0v) is 11.1. The second-order valence-electron chi connectivity index (χ2n) is 4.58. The van der Waals surface area contributed by atoms with E-state index in [1.54, 1.807) is 7.05 Å². The van der Waals surface area contributed by atoms with Crippen LogP contribution in [0.25, 0.3) is 0 Å². The highest BCUT2D eigenvalue weighted by Gasteiger charge is 2.42. The van der Waals surface area contributed by atoms with E-state index in [0.717, 1.165) is 0 Å². The fourth-order valence-corrected chi connectivity index (χ4v) is 1.92. The van der Waals surface area contributed by atoms with Crippen LogP contribution >= 0.6 is 0 Å². The van der Waals surface area contributed by atoms with Gasteiger partial charge < -0.3 is 15.0 Å². The molecule has 21 heavy (non-hydrogen) atoms. The number of halogens is 3. The summed E-state index contributed by atoms with van der Waals surface area (Å²) in [5.74, 6) is -1.36. The Labute approximate surface area is 118 Å². The lowest BCUT2D eigenvalue weighted by molar-refractivity contribution is -0.155. The Balaban J connectivity index is 2.28. The van der Waals surface area contributed by atoms with Crippen LogP contribution in [0.15, 0.2) is 42.7 Å². The Morgan fingerprint density at radius 2 is 1.95 bits per heavy atom. The molecule has 1 aromatic carbocycles. The Bertz CT molecular complexity index is 650. The third-order valence-electron chi connectivity index (χ3n) is 2.94. The topological polar surface area (TPSA) is 54.3 Å². The molecule has 0 aliphatic carbocycles. The minimum atomic E-state index is -4.64. The van der Waals surface area contributed by atoms with Gasteiger partial charge in [0.05, 0.1) is 5.56 Å². The number of amides is 1. The van der Waals surface area contributed by atoms with Gasteiger partial charge >= 0.3 is 6.18 Å². The fourth-order valence-electron chi connectivity index (χ4n) is 1.92. The van der Waals surface area contributed by atoms with Crippen molar-refractivity contribution in [3.63, 3.8) is 0 Å². The zero-order valence-electron chi connectivity index (χ0n) is 11.1. The van der Waals surface area contributed by atoms with Crippen molar-refractivity contribution < 1.29 is 23.1 Å². The van der Waals surface area contributed by atoms with E-state index in [1.165, 1.54) is 47.3 Å². The van der Waals surface area contributed by atoms with Gasteiger partial charge in [-0.15, -0.1) is 0 Å². The van der Waals surface area contributed by atoms with E-state index in [9.17, 15) is 23.1 Å². The van der Waals surface area contributed by atoms with Gasteiger partial charge in [0.1, 0.15) is 5.75 Å². The maximum Gasteiger partial charge on any atom is 0.412 e. The number of phenolic OH excluding ortho intramolecular Hbond substituents is 1. The van der Waals surface area contributed by atoms with Gasteiger partial charge in [0.2, 0.25) is 0 Å². The number of benzene rings is 1. The van der Waals surface area contributed by atoms with Gasteiger partial charge in [0.15, 0.2) is 6.04 Å². The first-order valence-electron chi connectivity index (χ1n) is 6.06. The summed E-state index contributed by atoms with van der Waals surface area (Å²) in [6, 6.07) is 4.57. The molecule has 2 rings (SSSR count). The van der Waals surface area contributed by atoms with E-state index in [2.05, 4.69) is 0 Å². The summed E-state index contributed by atoms with van der Waals surface area (Å²) in [5, 5.41) is 11.4. The van der Waals surface area contributed by atoms with Crippen molar-refractivity contribution in [1.29, 1.82) is 0 Å². The van der Waals surface area contributed by atoms with Crippen LogP contribution in [0.1, 0.15) is 22.0 Å². The van der Waals surface area contributed by atoms with E-state index in [-0.39, 0.29) is 16.9 Å². The third kappa shape index (κ3) is 3.36. The molecule has 2 N–H and O–H groups in total. The third-order valence-corrected chi connectivity index (χ3v) is 2.94. The predicted molar refractivity (Wildman–Crippen MR) is 69.8 cm³/mol. The molecule has 7 heteroatoms. The molecular formula is C14H13F3N2O2. The minimum absolute atomic E-state index is 0.0752. The molecular weight excluding hydrogens is 285 g/mol. The van der Waals surface area contributed by atoms with Crippen LogP contribution in [0.3, 0.4) is 0 Å². The molecule has 0 spiro atoms. The van der Waals surface area contributed by atoms with Gasteiger partial charge in [0.25, 0.3) is 5.91 Å². The Morgan fingerprint density at radius 1 is 1.29 bits per heavy atom. The van der Waals surface area contributed by atoms with Crippen molar-refractivity contribution in [3.05, 3.63) is 53.9 Å². The van der Waals surface area contributed by atoms with E-state index < -0.39 is 18.1 Å². The van der Waals surface area contributed by atoms with Crippen LogP contribution in [0.4, 0.5) is 13.2 Å². The Hall–Kier alpha value is -2.44. The van der Waals surface area contributed by atoms with Crippen LogP contribution in [0.2, 0.25) is 0 Å². The van der Waals surface area contributed by atoms with Crippen LogP contribution in [-0.4, -0.2) is 21.8 Å². The summed E-state index contributed by atoms with van der Waals surface area (Å²) in [4.78, 5) is 11.9. The predicted octanol–water partition coefficient (Wildman–Crippen LogP) is 2.76. The molecule has 2 aromatic rings. The van der Waals surface area contributed by atoms with Crippen molar-refractivity contribution >= 4 is 5.91 Å². The maximum atomic E-state index is 13.1. The van der Waals surface area contributed by atoms with Gasteiger partial charge in [-0.05, 0) is 18.2 Å². The number of nitrogens with one attached hydrogen (secondary N) is 1. The molecule has 0 bridgehead atoms. The lowest BCUT2D eigenvalue weighted by atomic mass is 10.1. The van der Waals surface area contributed by atoms with Crippen LogP contribution in [0.5, 0.6) is 5.75 Å². The van der Waals surface area contributed by atoms with E-state index >= 15 is 0 Å². The largest absolute Gasteiger partial charge is 0.507 e. The number of nitrogens with zero attached hydrogens (tertiary/aromatic N) is 1. The highest BCUT2D eigenvalue weighted by Crippen LogP contribution is 2.33. The SMILES string of the molecule is Cn1ccc([C@H](NC(=O)c2ccccc2O)C(F)(F)F)c1. The Kier molecular flexibility index (Phi) is 3.93. The summed E-state index contributed by atoms with van der Waals surface area (Å²) >= 11 is 0. The smallest absolute Gasteiger partial charge is 0.412 e. The number of aryl methyl sites for hydroxylation is 1. The summed E-state index contributed by atoms with van der Waals surface area (Å²) in [6.45, 7) is 0. The molecule has 0 fully saturated rings. The first kappa shape index (κ1) is 15.0. The molecule has 1 aromatic heterocycles. The molecule has 0 radical (unpaired) electrons. The number of hydrogen-bond donors (Lipinski definition) is 2. The first-order valence-corrected chi connectivity index (χ1v) is 6.06. The highest BCUT2D eigenvalue weighted by molar-refractivity contribution is 5.97. The number of carbonyl (C=O) groups excluding carboxylic acids is 1.